The molecule has 0 unspecified atom stereocenters. The first-order valence-corrected chi connectivity index (χ1v) is 5.18. The highest BCUT2D eigenvalue weighted by Crippen LogP contribution is 2.03. The van der Waals surface area contributed by atoms with Crippen molar-refractivity contribution in [3.8, 4) is 0 Å². The predicted octanol–water partition coefficient (Wildman–Crippen LogP) is 1.68. The molecule has 1 aromatic carbocycles. The van der Waals surface area contributed by atoms with E-state index in [1.54, 1.807) is 0 Å². The number of nitrogens with zero attached hydrogens (tertiary/aromatic N) is 1. The van der Waals surface area contributed by atoms with Crippen LogP contribution in [-0.4, -0.2) is 31.1 Å². The van der Waals surface area contributed by atoms with Gasteiger partial charge in [-0.2, -0.15) is 0 Å². The molecule has 0 fully saturated rings. The lowest BCUT2D eigenvalue weighted by Crippen LogP contribution is -2.26. The monoisotopic (exact) mass is 207 g/mol. The zero-order valence-corrected chi connectivity index (χ0v) is 9.06. The minimum Gasteiger partial charge on any atom is -0.467 e. The number of carbonyl (C=O) groups is 1. The molecule has 1 rings (SSSR count). The van der Waals surface area contributed by atoms with E-state index >= 15 is 0 Å². The van der Waals surface area contributed by atoms with Crippen molar-refractivity contribution in [1.82, 2.24) is 4.90 Å². The normalized spacial score (nSPS) is 10.3. The summed E-state index contributed by atoms with van der Waals surface area (Å²) in [5.74, 6) is 0. The van der Waals surface area contributed by atoms with Gasteiger partial charge in [0.15, 0.2) is 0 Å². The number of benzene rings is 1. The average Bonchev–Trinajstić information content (AvgIpc) is 2.29. The van der Waals surface area contributed by atoms with Gasteiger partial charge in [-0.25, -0.2) is 0 Å². The zero-order chi connectivity index (χ0) is 10.9. The lowest BCUT2D eigenvalue weighted by Gasteiger charge is -2.19. The van der Waals surface area contributed by atoms with Gasteiger partial charge in [-0.15, -0.1) is 0 Å². The SMILES string of the molecule is CCN(CCOC=O)Cc1ccccc1. The first-order valence-electron chi connectivity index (χ1n) is 5.18. The van der Waals surface area contributed by atoms with E-state index in [9.17, 15) is 4.79 Å². The molecule has 3 heteroatoms. The summed E-state index contributed by atoms with van der Waals surface area (Å²) in [6.07, 6.45) is 0. The van der Waals surface area contributed by atoms with Gasteiger partial charge in [0.05, 0.1) is 0 Å². The lowest BCUT2D eigenvalue weighted by atomic mass is 10.2. The first-order chi connectivity index (χ1) is 7.36. The molecule has 0 saturated heterocycles. The molecule has 0 radical (unpaired) electrons. The first kappa shape index (κ1) is 11.7. The Hall–Kier alpha value is -1.35. The van der Waals surface area contributed by atoms with Crippen LogP contribution < -0.4 is 0 Å². The van der Waals surface area contributed by atoms with E-state index in [2.05, 4.69) is 28.7 Å². The van der Waals surface area contributed by atoms with E-state index in [1.807, 2.05) is 18.2 Å². The van der Waals surface area contributed by atoms with Gasteiger partial charge in [0.25, 0.3) is 6.47 Å². The molecule has 82 valence electrons. The molecule has 0 aliphatic carbocycles. The van der Waals surface area contributed by atoms with Crippen LogP contribution in [0.1, 0.15) is 12.5 Å². The molecule has 0 atom stereocenters. The van der Waals surface area contributed by atoms with E-state index in [0.29, 0.717) is 13.1 Å². The Bertz CT molecular complexity index is 274. The van der Waals surface area contributed by atoms with Crippen molar-refractivity contribution >= 4 is 6.47 Å². The largest absolute Gasteiger partial charge is 0.467 e. The summed E-state index contributed by atoms with van der Waals surface area (Å²) < 4.78 is 4.68. The Labute approximate surface area is 90.7 Å². The Morgan fingerprint density at radius 1 is 1.33 bits per heavy atom. The molecule has 0 N–H and O–H groups in total. The third kappa shape index (κ3) is 4.61. The van der Waals surface area contributed by atoms with Crippen molar-refractivity contribution in [2.45, 2.75) is 13.5 Å². The topological polar surface area (TPSA) is 29.5 Å². The minimum atomic E-state index is 0.462. The molecule has 0 bridgehead atoms. The third-order valence-electron chi connectivity index (χ3n) is 2.29. The summed E-state index contributed by atoms with van der Waals surface area (Å²) >= 11 is 0. The maximum atomic E-state index is 9.99. The molecule has 0 aliphatic heterocycles. The second-order valence-electron chi connectivity index (χ2n) is 3.32. The van der Waals surface area contributed by atoms with E-state index in [4.69, 9.17) is 0 Å². The van der Waals surface area contributed by atoms with Crippen LogP contribution in [-0.2, 0) is 16.1 Å². The van der Waals surface area contributed by atoms with Crippen LogP contribution in [0.4, 0.5) is 0 Å². The summed E-state index contributed by atoms with van der Waals surface area (Å²) in [5.41, 5.74) is 1.28. The standard InChI is InChI=1S/C12H17NO2/c1-2-13(8-9-15-11-14)10-12-6-4-3-5-7-12/h3-7,11H,2,8-10H2,1H3. The second kappa shape index (κ2) is 7.01. The predicted molar refractivity (Wildman–Crippen MR) is 59.4 cm³/mol. The van der Waals surface area contributed by atoms with Gasteiger partial charge in [0.2, 0.25) is 0 Å². The van der Waals surface area contributed by atoms with Crippen LogP contribution in [0.25, 0.3) is 0 Å². The number of hydrogen-bond acceptors (Lipinski definition) is 3. The van der Waals surface area contributed by atoms with Gasteiger partial charge in [-0.05, 0) is 12.1 Å². The van der Waals surface area contributed by atoms with Crippen molar-refractivity contribution in [2.75, 3.05) is 19.7 Å². The number of likely N-dealkylation sites (N-methyl/N-ethyl adjacent to an activating group) is 1. The summed E-state index contributed by atoms with van der Waals surface area (Å²) in [4.78, 5) is 12.2. The van der Waals surface area contributed by atoms with Gasteiger partial charge in [0, 0.05) is 13.1 Å². The molecule has 15 heavy (non-hydrogen) atoms. The molecule has 0 saturated carbocycles. The van der Waals surface area contributed by atoms with Gasteiger partial charge >= 0.3 is 0 Å². The Balaban J connectivity index is 2.36. The summed E-state index contributed by atoms with van der Waals surface area (Å²) in [6, 6.07) is 10.3. The Morgan fingerprint density at radius 3 is 2.67 bits per heavy atom. The smallest absolute Gasteiger partial charge is 0.293 e. The minimum absolute atomic E-state index is 0.462. The second-order valence-corrected chi connectivity index (χ2v) is 3.32. The fourth-order valence-electron chi connectivity index (χ4n) is 1.42. The summed E-state index contributed by atoms with van der Waals surface area (Å²) in [7, 11) is 0. The number of rotatable bonds is 7. The Morgan fingerprint density at radius 2 is 2.07 bits per heavy atom. The molecule has 3 nitrogen and oxygen atoms in total. The molecule has 0 aromatic heterocycles. The number of hydrogen-bond donors (Lipinski definition) is 0. The van der Waals surface area contributed by atoms with E-state index in [0.717, 1.165) is 19.6 Å². The van der Waals surface area contributed by atoms with Crippen LogP contribution in [0.2, 0.25) is 0 Å². The Kier molecular flexibility index (Phi) is 5.48. The van der Waals surface area contributed by atoms with Crippen LogP contribution in [0.5, 0.6) is 0 Å². The third-order valence-corrected chi connectivity index (χ3v) is 2.29. The lowest BCUT2D eigenvalue weighted by molar-refractivity contribution is -0.129. The van der Waals surface area contributed by atoms with E-state index < -0.39 is 0 Å². The van der Waals surface area contributed by atoms with Crippen molar-refractivity contribution in [2.24, 2.45) is 0 Å². The molecular formula is C12H17NO2. The van der Waals surface area contributed by atoms with E-state index in [-0.39, 0.29) is 0 Å². The van der Waals surface area contributed by atoms with Gasteiger partial charge in [-0.1, -0.05) is 37.3 Å². The van der Waals surface area contributed by atoms with Gasteiger partial charge in [-0.3, -0.25) is 9.69 Å². The zero-order valence-electron chi connectivity index (χ0n) is 9.06. The molecule has 1 aromatic rings. The van der Waals surface area contributed by atoms with Crippen LogP contribution in [0.15, 0.2) is 30.3 Å². The summed E-state index contributed by atoms with van der Waals surface area (Å²) in [6.45, 7) is 5.70. The summed E-state index contributed by atoms with van der Waals surface area (Å²) in [5, 5.41) is 0. The fourth-order valence-corrected chi connectivity index (χ4v) is 1.42. The van der Waals surface area contributed by atoms with Crippen molar-refractivity contribution in [3.05, 3.63) is 35.9 Å². The van der Waals surface area contributed by atoms with Crippen molar-refractivity contribution in [3.63, 3.8) is 0 Å². The van der Waals surface area contributed by atoms with Crippen LogP contribution in [0.3, 0.4) is 0 Å². The highest BCUT2D eigenvalue weighted by molar-refractivity contribution is 5.36. The molecule has 0 heterocycles. The number of ether oxygens (including phenoxy) is 1. The van der Waals surface area contributed by atoms with Gasteiger partial charge in [0.1, 0.15) is 6.61 Å². The molecule has 0 spiro atoms. The highest BCUT2D eigenvalue weighted by Gasteiger charge is 2.02. The molecular weight excluding hydrogens is 190 g/mol. The fraction of sp³-hybridized carbons (Fsp3) is 0.417. The molecule has 0 aliphatic rings. The number of carbonyl (C=O) groups excluding carboxylic acids is 1. The quantitative estimate of drug-likeness (QED) is 0.503. The van der Waals surface area contributed by atoms with Crippen LogP contribution in [0, 0.1) is 0 Å². The van der Waals surface area contributed by atoms with Crippen molar-refractivity contribution in [1.29, 1.82) is 0 Å². The van der Waals surface area contributed by atoms with Gasteiger partial charge < -0.3 is 4.74 Å². The maximum Gasteiger partial charge on any atom is 0.293 e. The van der Waals surface area contributed by atoms with Crippen molar-refractivity contribution < 1.29 is 9.53 Å². The average molecular weight is 207 g/mol. The maximum absolute atomic E-state index is 9.99. The van der Waals surface area contributed by atoms with E-state index in [1.165, 1.54) is 5.56 Å². The van der Waals surface area contributed by atoms with Crippen LogP contribution >= 0.6 is 0 Å². The molecule has 0 amide bonds. The highest BCUT2D eigenvalue weighted by atomic mass is 16.5.